The van der Waals surface area contributed by atoms with Crippen molar-refractivity contribution < 1.29 is 0 Å². The van der Waals surface area contributed by atoms with Crippen molar-refractivity contribution in [1.82, 2.24) is 4.98 Å². The molecule has 2 atom stereocenters. The molecule has 1 fully saturated rings. The molecule has 1 heterocycles. The van der Waals surface area contributed by atoms with Crippen LogP contribution in [0.2, 0.25) is 0 Å². The second-order valence-electron chi connectivity index (χ2n) is 4.48. The summed E-state index contributed by atoms with van der Waals surface area (Å²) in [5.74, 6) is 1.63. The number of anilines is 1. The van der Waals surface area contributed by atoms with Crippen LogP contribution in [-0.2, 0) is 0 Å². The fourth-order valence-electron chi connectivity index (χ4n) is 2.17. The van der Waals surface area contributed by atoms with Crippen LogP contribution in [0.1, 0.15) is 26.7 Å². The third-order valence-corrected chi connectivity index (χ3v) is 3.20. The van der Waals surface area contributed by atoms with Gasteiger partial charge in [0.05, 0.1) is 5.69 Å². The summed E-state index contributed by atoms with van der Waals surface area (Å²) >= 11 is 0. The smallest absolute Gasteiger partial charge is 0.0528 e. The maximum absolute atomic E-state index is 4.10. The van der Waals surface area contributed by atoms with Crippen molar-refractivity contribution >= 4 is 5.69 Å². The highest BCUT2D eigenvalue weighted by Gasteiger charge is 2.32. The average Bonchev–Trinajstić information content (AvgIpc) is 2.13. The molecule has 1 N–H and O–H groups in total. The normalized spacial score (nSPS) is 25.9. The summed E-state index contributed by atoms with van der Waals surface area (Å²) in [7, 11) is 0. The van der Waals surface area contributed by atoms with E-state index in [9.17, 15) is 0 Å². The second-order valence-corrected chi connectivity index (χ2v) is 4.48. The summed E-state index contributed by atoms with van der Waals surface area (Å²) in [6.07, 6.45) is 6.38. The second kappa shape index (κ2) is 3.99. The zero-order valence-corrected chi connectivity index (χ0v) is 8.90. The molecule has 1 saturated carbocycles. The molecular formula is C12H18N2. The van der Waals surface area contributed by atoms with E-state index in [1.165, 1.54) is 12.8 Å². The van der Waals surface area contributed by atoms with Crippen LogP contribution in [0.5, 0.6) is 0 Å². The third-order valence-electron chi connectivity index (χ3n) is 3.20. The number of hydrogen-bond donors (Lipinski definition) is 1. The summed E-state index contributed by atoms with van der Waals surface area (Å²) < 4.78 is 0. The lowest BCUT2D eigenvalue weighted by molar-refractivity contribution is 0.205. The number of hydrogen-bond acceptors (Lipinski definition) is 2. The molecule has 0 saturated heterocycles. The number of rotatable bonds is 3. The van der Waals surface area contributed by atoms with Crippen molar-refractivity contribution in [2.24, 2.45) is 11.8 Å². The first kappa shape index (κ1) is 9.50. The largest absolute Gasteiger partial charge is 0.381 e. The summed E-state index contributed by atoms with van der Waals surface area (Å²) in [5.41, 5.74) is 1.16. The van der Waals surface area contributed by atoms with Gasteiger partial charge < -0.3 is 5.32 Å². The van der Waals surface area contributed by atoms with Gasteiger partial charge in [-0.2, -0.15) is 0 Å². The van der Waals surface area contributed by atoms with Crippen LogP contribution >= 0.6 is 0 Å². The molecule has 2 heteroatoms. The minimum atomic E-state index is 0.666. The predicted octanol–water partition coefficient (Wildman–Crippen LogP) is 2.93. The van der Waals surface area contributed by atoms with Crippen molar-refractivity contribution in [2.75, 3.05) is 5.32 Å². The first-order valence-electron chi connectivity index (χ1n) is 5.44. The quantitative estimate of drug-likeness (QED) is 0.792. The molecule has 2 unspecified atom stereocenters. The van der Waals surface area contributed by atoms with Gasteiger partial charge in [-0.05, 0) is 36.8 Å². The lowest BCUT2D eigenvalue weighted by atomic mass is 9.73. The van der Waals surface area contributed by atoms with E-state index in [1.54, 1.807) is 0 Å². The molecule has 0 radical (unpaired) electrons. The van der Waals surface area contributed by atoms with Gasteiger partial charge in [-0.15, -0.1) is 0 Å². The highest BCUT2D eigenvalue weighted by molar-refractivity contribution is 5.41. The van der Waals surface area contributed by atoms with E-state index in [1.807, 2.05) is 18.5 Å². The molecular weight excluding hydrogens is 172 g/mol. The van der Waals surface area contributed by atoms with E-state index < -0.39 is 0 Å². The van der Waals surface area contributed by atoms with Crippen molar-refractivity contribution in [3.8, 4) is 0 Å². The Morgan fingerprint density at radius 2 is 2.29 bits per heavy atom. The molecule has 1 aliphatic rings. The van der Waals surface area contributed by atoms with E-state index in [4.69, 9.17) is 0 Å². The lowest BCUT2D eigenvalue weighted by Crippen LogP contribution is -2.41. The van der Waals surface area contributed by atoms with Crippen LogP contribution in [0.15, 0.2) is 24.5 Å². The van der Waals surface area contributed by atoms with E-state index in [2.05, 4.69) is 30.2 Å². The first-order valence-corrected chi connectivity index (χ1v) is 5.44. The molecule has 1 aromatic rings. The van der Waals surface area contributed by atoms with Crippen molar-refractivity contribution in [1.29, 1.82) is 0 Å². The number of pyridine rings is 1. The molecule has 76 valence electrons. The minimum Gasteiger partial charge on any atom is -0.381 e. The van der Waals surface area contributed by atoms with Gasteiger partial charge in [0.2, 0.25) is 0 Å². The SMILES string of the molecule is CC(C)C1CCC1Nc1cccnc1. The molecule has 1 aromatic heterocycles. The van der Waals surface area contributed by atoms with Crippen LogP contribution in [0.4, 0.5) is 5.69 Å². The fourth-order valence-corrected chi connectivity index (χ4v) is 2.17. The Morgan fingerprint density at radius 3 is 2.79 bits per heavy atom. The molecule has 0 spiro atoms. The van der Waals surface area contributed by atoms with Gasteiger partial charge in [0.25, 0.3) is 0 Å². The standard InChI is InChI=1S/C12H18N2/c1-9(2)11-5-6-12(11)14-10-4-3-7-13-8-10/h3-4,7-9,11-12,14H,5-6H2,1-2H3. The number of nitrogens with zero attached hydrogens (tertiary/aromatic N) is 1. The zero-order valence-electron chi connectivity index (χ0n) is 8.90. The van der Waals surface area contributed by atoms with E-state index >= 15 is 0 Å². The van der Waals surface area contributed by atoms with Crippen LogP contribution in [0, 0.1) is 11.8 Å². The summed E-state index contributed by atoms with van der Waals surface area (Å²) in [6, 6.07) is 4.73. The van der Waals surface area contributed by atoms with E-state index in [0.717, 1.165) is 17.5 Å². The maximum atomic E-state index is 4.10. The Balaban J connectivity index is 1.93. The topological polar surface area (TPSA) is 24.9 Å². The molecule has 0 amide bonds. The molecule has 2 rings (SSSR count). The lowest BCUT2D eigenvalue weighted by Gasteiger charge is -2.40. The fraction of sp³-hybridized carbons (Fsp3) is 0.583. The van der Waals surface area contributed by atoms with Gasteiger partial charge in [0.1, 0.15) is 0 Å². The van der Waals surface area contributed by atoms with Gasteiger partial charge in [0.15, 0.2) is 0 Å². The Labute approximate surface area is 85.7 Å². The third kappa shape index (κ3) is 1.89. The van der Waals surface area contributed by atoms with Gasteiger partial charge in [-0.3, -0.25) is 4.98 Å². The first-order chi connectivity index (χ1) is 6.77. The molecule has 1 aliphatic carbocycles. The van der Waals surface area contributed by atoms with Gasteiger partial charge in [-0.1, -0.05) is 13.8 Å². The van der Waals surface area contributed by atoms with Crippen LogP contribution in [0.3, 0.4) is 0 Å². The van der Waals surface area contributed by atoms with Gasteiger partial charge in [-0.25, -0.2) is 0 Å². The Morgan fingerprint density at radius 1 is 1.43 bits per heavy atom. The van der Waals surface area contributed by atoms with Crippen LogP contribution in [0.25, 0.3) is 0 Å². The van der Waals surface area contributed by atoms with Gasteiger partial charge in [0, 0.05) is 18.4 Å². The maximum Gasteiger partial charge on any atom is 0.0528 e. The molecule has 14 heavy (non-hydrogen) atoms. The summed E-state index contributed by atoms with van der Waals surface area (Å²) in [4.78, 5) is 4.10. The Bertz CT molecular complexity index is 282. The van der Waals surface area contributed by atoms with Crippen molar-refractivity contribution in [2.45, 2.75) is 32.7 Å². The number of aromatic nitrogens is 1. The molecule has 0 bridgehead atoms. The summed E-state index contributed by atoms with van der Waals surface area (Å²) in [5, 5.41) is 3.55. The van der Waals surface area contributed by atoms with E-state index in [0.29, 0.717) is 6.04 Å². The van der Waals surface area contributed by atoms with Crippen LogP contribution < -0.4 is 5.32 Å². The van der Waals surface area contributed by atoms with Crippen LogP contribution in [-0.4, -0.2) is 11.0 Å². The highest BCUT2D eigenvalue weighted by Crippen LogP contribution is 2.35. The predicted molar refractivity (Wildman–Crippen MR) is 59.2 cm³/mol. The van der Waals surface area contributed by atoms with Crippen molar-refractivity contribution in [3.63, 3.8) is 0 Å². The monoisotopic (exact) mass is 190 g/mol. The highest BCUT2D eigenvalue weighted by atomic mass is 15.0. The average molecular weight is 190 g/mol. The molecule has 0 aliphatic heterocycles. The number of nitrogens with one attached hydrogen (secondary N) is 1. The van der Waals surface area contributed by atoms with Gasteiger partial charge >= 0.3 is 0 Å². The minimum absolute atomic E-state index is 0.666. The Kier molecular flexibility index (Phi) is 2.71. The summed E-state index contributed by atoms with van der Waals surface area (Å²) in [6.45, 7) is 4.61. The van der Waals surface area contributed by atoms with Crippen molar-refractivity contribution in [3.05, 3.63) is 24.5 Å². The Hall–Kier alpha value is -1.05. The zero-order chi connectivity index (χ0) is 9.97. The molecule has 2 nitrogen and oxygen atoms in total. The van der Waals surface area contributed by atoms with E-state index in [-0.39, 0.29) is 0 Å². The molecule has 0 aromatic carbocycles.